The van der Waals surface area contributed by atoms with Gasteiger partial charge in [0.05, 0.1) is 0 Å². The van der Waals surface area contributed by atoms with E-state index in [0.29, 0.717) is 13.0 Å². The highest BCUT2D eigenvalue weighted by molar-refractivity contribution is 5.75. The first-order valence-electron chi connectivity index (χ1n) is 7.69. The van der Waals surface area contributed by atoms with Crippen LogP contribution < -0.4 is 5.32 Å². The van der Waals surface area contributed by atoms with E-state index in [0.717, 1.165) is 11.1 Å². The van der Waals surface area contributed by atoms with E-state index >= 15 is 0 Å². The highest BCUT2D eigenvalue weighted by Gasteiger charge is 2.37. The lowest BCUT2D eigenvalue weighted by Crippen LogP contribution is -2.41. The van der Waals surface area contributed by atoms with Gasteiger partial charge in [-0.2, -0.15) is 0 Å². The fourth-order valence-corrected chi connectivity index (χ4v) is 2.66. The van der Waals surface area contributed by atoms with Crippen LogP contribution in [0.3, 0.4) is 0 Å². The van der Waals surface area contributed by atoms with Crippen molar-refractivity contribution in [2.75, 3.05) is 6.54 Å². The lowest BCUT2D eigenvalue weighted by molar-refractivity contribution is -0.121. The van der Waals surface area contributed by atoms with Gasteiger partial charge in [-0.05, 0) is 11.1 Å². The maximum absolute atomic E-state index is 11.5. The standard InChI is InChI=1S/C19H23NO2/c1-3-18(21)20-14-15(2)19(22,16-10-6-4-7-11-16)17-12-8-5-9-13-17/h4-13,15,22H,3,14H2,1-2H3,(H,20,21)/t15-/m1/s1. The van der Waals surface area contributed by atoms with Crippen LogP contribution in [-0.2, 0) is 10.4 Å². The van der Waals surface area contributed by atoms with Crippen LogP contribution >= 0.6 is 0 Å². The average Bonchev–Trinajstić information content (AvgIpc) is 2.60. The summed E-state index contributed by atoms with van der Waals surface area (Å²) < 4.78 is 0. The molecule has 0 fully saturated rings. The van der Waals surface area contributed by atoms with Crippen molar-refractivity contribution in [3.05, 3.63) is 71.8 Å². The Balaban J connectivity index is 2.36. The monoisotopic (exact) mass is 297 g/mol. The van der Waals surface area contributed by atoms with E-state index in [2.05, 4.69) is 5.32 Å². The molecule has 3 heteroatoms. The van der Waals surface area contributed by atoms with Crippen LogP contribution in [-0.4, -0.2) is 17.6 Å². The first-order valence-corrected chi connectivity index (χ1v) is 7.69. The third kappa shape index (κ3) is 3.37. The SMILES string of the molecule is CCC(=O)NC[C@@H](C)C(O)(c1ccccc1)c1ccccc1. The number of hydrogen-bond donors (Lipinski definition) is 2. The molecule has 1 atom stereocenters. The molecule has 2 N–H and O–H groups in total. The molecule has 0 spiro atoms. The first kappa shape index (κ1) is 16.2. The molecule has 0 bridgehead atoms. The summed E-state index contributed by atoms with van der Waals surface area (Å²) in [6.07, 6.45) is 0.446. The van der Waals surface area contributed by atoms with Crippen LogP contribution in [0.5, 0.6) is 0 Å². The summed E-state index contributed by atoms with van der Waals surface area (Å²) in [6.45, 7) is 4.20. The van der Waals surface area contributed by atoms with Gasteiger partial charge in [0, 0.05) is 18.9 Å². The van der Waals surface area contributed by atoms with Crippen LogP contribution in [0, 0.1) is 5.92 Å². The van der Waals surface area contributed by atoms with Gasteiger partial charge < -0.3 is 10.4 Å². The van der Waals surface area contributed by atoms with Crippen LogP contribution in [0.15, 0.2) is 60.7 Å². The normalized spacial score (nSPS) is 12.7. The Kier molecular flexibility index (Phi) is 5.34. The third-order valence-corrected chi connectivity index (χ3v) is 4.07. The summed E-state index contributed by atoms with van der Waals surface area (Å²) in [7, 11) is 0. The maximum atomic E-state index is 11.5. The summed E-state index contributed by atoms with van der Waals surface area (Å²) in [5, 5.41) is 14.3. The summed E-state index contributed by atoms with van der Waals surface area (Å²) in [5.74, 6) is -0.164. The average molecular weight is 297 g/mol. The molecule has 0 saturated heterocycles. The van der Waals surface area contributed by atoms with Gasteiger partial charge in [0.1, 0.15) is 5.60 Å². The Hall–Kier alpha value is -2.13. The zero-order chi connectivity index (χ0) is 16.0. The molecule has 22 heavy (non-hydrogen) atoms. The van der Waals surface area contributed by atoms with Crippen molar-refractivity contribution in [2.45, 2.75) is 25.9 Å². The fourth-order valence-electron chi connectivity index (χ4n) is 2.66. The van der Waals surface area contributed by atoms with E-state index in [9.17, 15) is 9.90 Å². The van der Waals surface area contributed by atoms with Gasteiger partial charge in [-0.1, -0.05) is 74.5 Å². The highest BCUT2D eigenvalue weighted by atomic mass is 16.3. The van der Waals surface area contributed by atoms with Crippen LogP contribution in [0.2, 0.25) is 0 Å². The molecular formula is C19H23NO2. The van der Waals surface area contributed by atoms with Crippen molar-refractivity contribution in [3.8, 4) is 0 Å². The number of amides is 1. The molecule has 0 aliphatic carbocycles. The first-order chi connectivity index (χ1) is 10.6. The lowest BCUT2D eigenvalue weighted by atomic mass is 9.77. The minimum absolute atomic E-state index is 0.00433. The van der Waals surface area contributed by atoms with E-state index in [1.807, 2.05) is 74.5 Å². The third-order valence-electron chi connectivity index (χ3n) is 4.07. The molecule has 2 aromatic rings. The van der Waals surface area contributed by atoms with Crippen molar-refractivity contribution in [1.82, 2.24) is 5.32 Å². The van der Waals surface area contributed by atoms with Crippen molar-refractivity contribution in [2.24, 2.45) is 5.92 Å². The quantitative estimate of drug-likeness (QED) is 0.861. The second kappa shape index (κ2) is 7.23. The Bertz CT molecular complexity index is 556. The highest BCUT2D eigenvalue weighted by Crippen LogP contribution is 2.36. The van der Waals surface area contributed by atoms with E-state index in [1.165, 1.54) is 0 Å². The van der Waals surface area contributed by atoms with Crippen LogP contribution in [0.4, 0.5) is 0 Å². The Morgan fingerprint density at radius 2 is 1.50 bits per heavy atom. The Morgan fingerprint density at radius 1 is 1.05 bits per heavy atom. The molecule has 3 nitrogen and oxygen atoms in total. The van der Waals surface area contributed by atoms with Gasteiger partial charge in [0.25, 0.3) is 0 Å². The molecule has 0 saturated carbocycles. The number of aliphatic hydroxyl groups is 1. The van der Waals surface area contributed by atoms with Crippen molar-refractivity contribution >= 4 is 5.91 Å². The summed E-state index contributed by atoms with van der Waals surface area (Å²) >= 11 is 0. The van der Waals surface area contributed by atoms with E-state index < -0.39 is 5.60 Å². The zero-order valence-electron chi connectivity index (χ0n) is 13.1. The van der Waals surface area contributed by atoms with Gasteiger partial charge in [0.2, 0.25) is 5.91 Å². The van der Waals surface area contributed by atoms with Crippen molar-refractivity contribution in [3.63, 3.8) is 0 Å². The number of rotatable bonds is 6. The smallest absolute Gasteiger partial charge is 0.219 e. The molecule has 0 aromatic heterocycles. The number of nitrogens with one attached hydrogen (secondary N) is 1. The molecule has 0 heterocycles. The molecule has 0 aliphatic heterocycles. The van der Waals surface area contributed by atoms with Gasteiger partial charge in [-0.25, -0.2) is 0 Å². The Morgan fingerprint density at radius 3 is 1.91 bits per heavy atom. The van der Waals surface area contributed by atoms with Crippen LogP contribution in [0.1, 0.15) is 31.4 Å². The molecule has 2 rings (SSSR count). The van der Waals surface area contributed by atoms with Crippen LogP contribution in [0.25, 0.3) is 0 Å². The van der Waals surface area contributed by atoms with E-state index in [-0.39, 0.29) is 11.8 Å². The van der Waals surface area contributed by atoms with E-state index in [1.54, 1.807) is 0 Å². The second-order valence-electron chi connectivity index (χ2n) is 5.56. The number of carbonyl (C=O) groups is 1. The van der Waals surface area contributed by atoms with Crippen molar-refractivity contribution in [1.29, 1.82) is 0 Å². The van der Waals surface area contributed by atoms with E-state index in [4.69, 9.17) is 0 Å². The van der Waals surface area contributed by atoms with Gasteiger partial charge in [0.15, 0.2) is 0 Å². The number of hydrogen-bond acceptors (Lipinski definition) is 2. The van der Waals surface area contributed by atoms with Gasteiger partial charge in [-0.15, -0.1) is 0 Å². The summed E-state index contributed by atoms with van der Waals surface area (Å²) in [5.41, 5.74) is 0.530. The fraction of sp³-hybridized carbons (Fsp3) is 0.316. The summed E-state index contributed by atoms with van der Waals surface area (Å²) in [6, 6.07) is 19.2. The number of carbonyl (C=O) groups excluding carboxylic acids is 1. The second-order valence-corrected chi connectivity index (χ2v) is 5.56. The predicted octanol–water partition coefficient (Wildman–Crippen LogP) is 3.08. The summed E-state index contributed by atoms with van der Waals surface area (Å²) in [4.78, 5) is 11.5. The number of benzene rings is 2. The van der Waals surface area contributed by atoms with Crippen molar-refractivity contribution < 1.29 is 9.90 Å². The Labute approximate surface area is 132 Å². The topological polar surface area (TPSA) is 49.3 Å². The minimum atomic E-state index is -1.14. The predicted molar refractivity (Wildman–Crippen MR) is 88.3 cm³/mol. The minimum Gasteiger partial charge on any atom is -0.380 e. The largest absolute Gasteiger partial charge is 0.380 e. The van der Waals surface area contributed by atoms with Gasteiger partial charge >= 0.3 is 0 Å². The molecule has 116 valence electrons. The molecule has 0 radical (unpaired) electrons. The zero-order valence-corrected chi connectivity index (χ0v) is 13.1. The molecule has 1 amide bonds. The lowest BCUT2D eigenvalue weighted by Gasteiger charge is -2.35. The molecular weight excluding hydrogens is 274 g/mol. The van der Waals surface area contributed by atoms with Gasteiger partial charge in [-0.3, -0.25) is 4.79 Å². The molecule has 0 unspecified atom stereocenters. The molecule has 0 aliphatic rings. The maximum Gasteiger partial charge on any atom is 0.219 e. The molecule has 2 aromatic carbocycles.